The van der Waals surface area contributed by atoms with E-state index < -0.39 is 18.1 Å². The van der Waals surface area contributed by atoms with Gasteiger partial charge in [-0.25, -0.2) is 4.79 Å². The highest BCUT2D eigenvalue weighted by atomic mass is 35.5. The summed E-state index contributed by atoms with van der Waals surface area (Å²) in [6.07, 6.45) is 0.915. The number of hydrogen-bond donors (Lipinski definition) is 1. The molecule has 186 valence electrons. The summed E-state index contributed by atoms with van der Waals surface area (Å²) in [6.45, 7) is 0.448. The number of para-hydroxylation sites is 1. The molecule has 4 aromatic carbocycles. The SMILES string of the molecule is O=C(O)[C@@H]1CCC(c2ccccc2Cl)N1C(=O)c1ccc(-c2ccccc2OCc2ccccc2)cc1. The lowest BCUT2D eigenvalue weighted by Gasteiger charge is -2.29. The molecule has 1 heterocycles. The normalized spacial score (nSPS) is 16.9. The third-order valence-electron chi connectivity index (χ3n) is 6.74. The van der Waals surface area contributed by atoms with Gasteiger partial charge in [0.15, 0.2) is 0 Å². The topological polar surface area (TPSA) is 66.8 Å². The summed E-state index contributed by atoms with van der Waals surface area (Å²) in [6, 6.07) is 30.9. The van der Waals surface area contributed by atoms with Crippen molar-refractivity contribution in [1.82, 2.24) is 4.90 Å². The molecule has 6 heteroatoms. The lowest BCUT2D eigenvalue weighted by Crippen LogP contribution is -2.41. The maximum Gasteiger partial charge on any atom is 0.326 e. The second kappa shape index (κ2) is 10.9. The zero-order valence-corrected chi connectivity index (χ0v) is 20.8. The van der Waals surface area contributed by atoms with Crippen molar-refractivity contribution in [1.29, 1.82) is 0 Å². The molecule has 4 aromatic rings. The summed E-state index contributed by atoms with van der Waals surface area (Å²) < 4.78 is 6.10. The van der Waals surface area contributed by atoms with Crippen molar-refractivity contribution in [2.24, 2.45) is 0 Å². The van der Waals surface area contributed by atoms with Crippen LogP contribution in [0.2, 0.25) is 5.02 Å². The van der Waals surface area contributed by atoms with Crippen LogP contribution >= 0.6 is 11.6 Å². The summed E-state index contributed by atoms with van der Waals surface area (Å²) in [4.78, 5) is 27.1. The van der Waals surface area contributed by atoms with Crippen LogP contribution in [-0.4, -0.2) is 27.9 Å². The van der Waals surface area contributed by atoms with Crippen molar-refractivity contribution in [2.75, 3.05) is 0 Å². The maximum atomic E-state index is 13.6. The number of amides is 1. The summed E-state index contributed by atoms with van der Waals surface area (Å²) >= 11 is 6.42. The number of carbonyl (C=O) groups is 2. The van der Waals surface area contributed by atoms with Crippen LogP contribution in [-0.2, 0) is 11.4 Å². The van der Waals surface area contributed by atoms with Crippen molar-refractivity contribution in [2.45, 2.75) is 31.5 Å². The van der Waals surface area contributed by atoms with Crippen molar-refractivity contribution in [3.05, 3.63) is 125 Å². The fraction of sp³-hybridized carbons (Fsp3) is 0.161. The number of nitrogens with zero attached hydrogens (tertiary/aromatic N) is 1. The Morgan fingerprint density at radius 2 is 1.51 bits per heavy atom. The molecule has 5 rings (SSSR count). The molecule has 1 aliphatic heterocycles. The molecule has 5 nitrogen and oxygen atoms in total. The molecule has 0 aromatic heterocycles. The van der Waals surface area contributed by atoms with E-state index in [9.17, 15) is 14.7 Å². The second-order valence-corrected chi connectivity index (χ2v) is 9.44. The lowest BCUT2D eigenvalue weighted by molar-refractivity contribution is -0.141. The lowest BCUT2D eigenvalue weighted by atomic mass is 10.0. The molecule has 1 unspecified atom stereocenters. The third-order valence-corrected chi connectivity index (χ3v) is 7.08. The summed E-state index contributed by atoms with van der Waals surface area (Å²) in [7, 11) is 0. The largest absolute Gasteiger partial charge is 0.488 e. The minimum atomic E-state index is -1.01. The van der Waals surface area contributed by atoms with Gasteiger partial charge in [0.2, 0.25) is 0 Å². The second-order valence-electron chi connectivity index (χ2n) is 9.03. The van der Waals surface area contributed by atoms with Crippen molar-refractivity contribution in [3.63, 3.8) is 0 Å². The molecule has 37 heavy (non-hydrogen) atoms. The van der Waals surface area contributed by atoms with Crippen LogP contribution in [0.4, 0.5) is 0 Å². The van der Waals surface area contributed by atoms with E-state index in [4.69, 9.17) is 16.3 Å². The number of rotatable bonds is 7. The standard InChI is InChI=1S/C31H26ClNO4/c32-26-12-6-4-11-25(26)27-18-19-28(31(35)36)33(27)30(34)23-16-14-22(15-17-23)24-10-5-7-13-29(24)37-20-21-8-2-1-3-9-21/h1-17,27-28H,18-20H2,(H,35,36)/t27?,28-/m0/s1. The molecular formula is C31H26ClNO4. The van der Waals surface area contributed by atoms with Gasteiger partial charge in [-0.2, -0.15) is 0 Å². The third kappa shape index (κ3) is 5.23. The number of carboxylic acids is 1. The molecule has 0 bridgehead atoms. The Hall–Kier alpha value is -4.09. The van der Waals surface area contributed by atoms with E-state index in [0.29, 0.717) is 30.0 Å². The monoisotopic (exact) mass is 511 g/mol. The first-order valence-corrected chi connectivity index (χ1v) is 12.6. The van der Waals surface area contributed by atoms with Crippen molar-refractivity contribution in [3.8, 4) is 16.9 Å². The minimum Gasteiger partial charge on any atom is -0.488 e. The fourth-order valence-electron chi connectivity index (χ4n) is 4.90. The van der Waals surface area contributed by atoms with Gasteiger partial charge in [0.05, 0.1) is 6.04 Å². The van der Waals surface area contributed by atoms with Gasteiger partial charge < -0.3 is 14.7 Å². The smallest absolute Gasteiger partial charge is 0.326 e. The highest BCUT2D eigenvalue weighted by molar-refractivity contribution is 6.31. The van der Waals surface area contributed by atoms with Crippen LogP contribution in [0.3, 0.4) is 0 Å². The molecular weight excluding hydrogens is 486 g/mol. The molecule has 1 N–H and O–H groups in total. The van der Waals surface area contributed by atoms with Gasteiger partial charge >= 0.3 is 5.97 Å². The average molecular weight is 512 g/mol. The van der Waals surface area contributed by atoms with Gasteiger partial charge in [-0.3, -0.25) is 4.79 Å². The highest BCUT2D eigenvalue weighted by Crippen LogP contribution is 2.40. The molecule has 1 fully saturated rings. The van der Waals surface area contributed by atoms with Gasteiger partial charge in [-0.05, 0) is 53.8 Å². The Bertz CT molecular complexity index is 1400. The van der Waals surface area contributed by atoms with Crippen molar-refractivity contribution >= 4 is 23.5 Å². The zero-order chi connectivity index (χ0) is 25.8. The first kappa shape index (κ1) is 24.6. The minimum absolute atomic E-state index is 0.324. The summed E-state index contributed by atoms with van der Waals surface area (Å²) in [5.74, 6) is -0.589. The fourth-order valence-corrected chi connectivity index (χ4v) is 5.16. The quantitative estimate of drug-likeness (QED) is 0.289. The predicted octanol–water partition coefficient (Wildman–Crippen LogP) is 7.02. The van der Waals surface area contributed by atoms with Gasteiger partial charge in [-0.15, -0.1) is 0 Å². The first-order valence-electron chi connectivity index (χ1n) is 12.2. The molecule has 2 atom stereocenters. The Balaban J connectivity index is 1.40. The molecule has 1 aliphatic rings. The van der Waals surface area contributed by atoms with Crippen LogP contribution in [0.25, 0.3) is 11.1 Å². The van der Waals surface area contributed by atoms with Gasteiger partial charge in [0.25, 0.3) is 5.91 Å². The van der Waals surface area contributed by atoms with E-state index >= 15 is 0 Å². The summed E-state index contributed by atoms with van der Waals surface area (Å²) in [5.41, 5.74) is 4.08. The molecule has 0 radical (unpaired) electrons. The van der Waals surface area contributed by atoms with E-state index in [-0.39, 0.29) is 5.91 Å². The van der Waals surface area contributed by atoms with Crippen LogP contribution in [0, 0.1) is 0 Å². The highest BCUT2D eigenvalue weighted by Gasteiger charge is 2.42. The van der Waals surface area contributed by atoms with E-state index in [1.54, 1.807) is 18.2 Å². The first-order chi connectivity index (χ1) is 18.0. The number of hydrogen-bond acceptors (Lipinski definition) is 3. The Morgan fingerprint density at radius 3 is 2.24 bits per heavy atom. The number of ether oxygens (including phenoxy) is 1. The molecule has 0 saturated carbocycles. The Kier molecular flexibility index (Phi) is 7.24. The van der Waals surface area contributed by atoms with E-state index in [1.165, 1.54) is 4.90 Å². The Labute approximate surface area is 220 Å². The maximum absolute atomic E-state index is 13.6. The number of aliphatic carboxylic acids is 1. The van der Waals surface area contributed by atoms with Gasteiger partial charge in [0.1, 0.15) is 18.4 Å². The number of benzene rings is 4. The number of likely N-dealkylation sites (tertiary alicyclic amines) is 1. The van der Waals surface area contributed by atoms with Gasteiger partial charge in [0, 0.05) is 16.1 Å². The molecule has 0 aliphatic carbocycles. The van der Waals surface area contributed by atoms with Crippen LogP contribution in [0.15, 0.2) is 103 Å². The summed E-state index contributed by atoms with van der Waals surface area (Å²) in [5, 5.41) is 10.4. The zero-order valence-electron chi connectivity index (χ0n) is 20.1. The van der Waals surface area contributed by atoms with Crippen LogP contribution < -0.4 is 4.74 Å². The molecule has 1 saturated heterocycles. The predicted molar refractivity (Wildman–Crippen MR) is 144 cm³/mol. The van der Waals surface area contributed by atoms with Crippen LogP contribution in [0.1, 0.15) is 40.4 Å². The van der Waals surface area contributed by atoms with Gasteiger partial charge in [-0.1, -0.05) is 90.5 Å². The average Bonchev–Trinajstić information content (AvgIpc) is 3.38. The van der Waals surface area contributed by atoms with Crippen molar-refractivity contribution < 1.29 is 19.4 Å². The van der Waals surface area contributed by atoms with E-state index in [0.717, 1.165) is 28.0 Å². The van der Waals surface area contributed by atoms with E-state index in [2.05, 4.69) is 0 Å². The number of carboxylic acid groups (broad SMARTS) is 1. The van der Waals surface area contributed by atoms with E-state index in [1.807, 2.05) is 84.9 Å². The Morgan fingerprint density at radius 1 is 0.838 bits per heavy atom. The number of halogens is 1. The number of carbonyl (C=O) groups excluding carboxylic acids is 1. The molecule has 0 spiro atoms. The van der Waals surface area contributed by atoms with Crippen LogP contribution in [0.5, 0.6) is 5.75 Å². The molecule has 1 amide bonds.